The monoisotopic (exact) mass is 1320 g/mol. The van der Waals surface area contributed by atoms with Crippen LogP contribution in [0, 0.1) is 11.8 Å². The van der Waals surface area contributed by atoms with E-state index in [9.17, 15) is 0 Å². The second-order valence-electron chi connectivity index (χ2n) is 28.1. The fraction of sp³-hybridized carbons (Fsp3) is 0.789. The molecule has 0 bridgehead atoms. The van der Waals surface area contributed by atoms with E-state index in [4.69, 9.17) is 0 Å². The zero-order chi connectivity index (χ0) is 60.2. The van der Waals surface area contributed by atoms with Crippen molar-refractivity contribution in [1.82, 2.24) is 9.13 Å². The Morgan fingerprint density at radius 3 is 0.833 bits per heavy atom. The first-order valence-electron chi connectivity index (χ1n) is 36.3. The van der Waals surface area contributed by atoms with E-state index in [1.54, 1.807) is 22.7 Å². The Bertz CT molecular complexity index is 2440. The summed E-state index contributed by atoms with van der Waals surface area (Å²) in [5.41, 5.74) is 7.87. The van der Waals surface area contributed by atoms with Crippen LogP contribution < -0.4 is 11.1 Å². The van der Waals surface area contributed by atoms with Crippen LogP contribution in [0.2, 0.25) is 0 Å². The highest BCUT2D eigenvalue weighted by atomic mass is 79.9. The third kappa shape index (κ3) is 20.8. The van der Waals surface area contributed by atoms with Crippen molar-refractivity contribution in [2.75, 3.05) is 0 Å². The van der Waals surface area contributed by atoms with Gasteiger partial charge < -0.3 is 9.13 Å². The van der Waals surface area contributed by atoms with Gasteiger partial charge in [-0.05, 0) is 79.8 Å². The van der Waals surface area contributed by atoms with E-state index >= 15 is 9.59 Å². The summed E-state index contributed by atoms with van der Waals surface area (Å²) in [7, 11) is 0. The smallest absolute Gasteiger partial charge is 0.260 e. The predicted octanol–water partition coefficient (Wildman–Crippen LogP) is 26.7. The van der Waals surface area contributed by atoms with Gasteiger partial charge in [0.2, 0.25) is 0 Å². The number of pyridine rings is 2. The van der Waals surface area contributed by atoms with Gasteiger partial charge in [-0.15, -0.1) is 22.7 Å². The van der Waals surface area contributed by atoms with Crippen LogP contribution in [-0.2, 0) is 23.9 Å². The van der Waals surface area contributed by atoms with Crippen LogP contribution in [-0.4, -0.2) is 9.13 Å². The number of hydrogen-bond acceptors (Lipinski definition) is 4. The molecule has 0 N–H and O–H groups in total. The second-order valence-corrected chi connectivity index (χ2v) is 33.0. The second kappa shape index (κ2) is 38.9. The maximum Gasteiger partial charge on any atom is 0.260 e. The maximum absolute atomic E-state index is 15.9. The first-order chi connectivity index (χ1) is 40.8. The van der Waals surface area contributed by atoms with Crippen molar-refractivity contribution in [2.45, 2.75) is 375 Å². The lowest BCUT2D eigenvalue weighted by Gasteiger charge is -2.30. The fourth-order valence-electron chi connectivity index (χ4n) is 15.3. The number of thiophene rings is 2. The number of fused-ring (bicyclic) bond motifs is 9. The Morgan fingerprint density at radius 1 is 0.357 bits per heavy atom. The van der Waals surface area contributed by atoms with Crippen molar-refractivity contribution in [3.63, 3.8) is 0 Å². The molecule has 0 radical (unpaired) electrons. The molecule has 0 spiro atoms. The van der Waals surface area contributed by atoms with Crippen LogP contribution in [0.1, 0.15) is 373 Å². The highest BCUT2D eigenvalue weighted by molar-refractivity contribution is 9.11. The predicted molar refractivity (Wildman–Crippen MR) is 381 cm³/mol. The van der Waals surface area contributed by atoms with Crippen LogP contribution in [0.25, 0.3) is 31.9 Å². The Hall–Kier alpha value is -1.48. The molecule has 2 aliphatic rings. The average Bonchev–Trinajstić information content (AvgIpc) is 2.66. The van der Waals surface area contributed by atoms with E-state index in [-0.39, 0.29) is 11.1 Å². The number of hydrogen-bond donors (Lipinski definition) is 0. The van der Waals surface area contributed by atoms with Gasteiger partial charge in [0, 0.05) is 44.8 Å². The normalized spacial score (nSPS) is 14.6. The van der Waals surface area contributed by atoms with Gasteiger partial charge in [-0.25, -0.2) is 0 Å². The summed E-state index contributed by atoms with van der Waals surface area (Å²) in [6, 6.07) is 4.54. The molecular weight excluding hydrogens is 1200 g/mol. The maximum atomic E-state index is 15.9. The molecule has 0 amide bonds. The van der Waals surface area contributed by atoms with Crippen molar-refractivity contribution >= 4 is 65.6 Å². The molecule has 4 aromatic rings. The summed E-state index contributed by atoms with van der Waals surface area (Å²) >= 11 is 11.2. The van der Waals surface area contributed by atoms with Gasteiger partial charge in [-0.3, -0.25) is 9.59 Å². The van der Waals surface area contributed by atoms with E-state index in [0.29, 0.717) is 13.1 Å². The third-order valence-corrected chi connectivity index (χ3v) is 23.8. The lowest BCUT2D eigenvalue weighted by molar-refractivity contribution is 0.363. The first-order valence-corrected chi connectivity index (χ1v) is 39.5. The fourth-order valence-corrected chi connectivity index (χ4v) is 18.9. The molecule has 8 heteroatoms. The first kappa shape index (κ1) is 71.6. The van der Waals surface area contributed by atoms with Crippen molar-refractivity contribution in [1.29, 1.82) is 0 Å². The standard InChI is InChI=1S/C76H124Br2N2O2S2/c1-9-13-17-21-25-29-31-35-39-43-51-59(49-41-37-33-27-23-19-15-11-3)53-45-47-55-79-69-67-66(72-62(75(67,5)6)58-64(78)84-72)74(82)80(70(69)68-65(73(79)81)71-61(76(68,7)8)57-63(77)83-71)56-48-46-54-60(50-42-38-34-28-24-20-16-12-4)52-44-40-36-32-30-26-22-18-14-10-2/h57-60H,9-56H2,1-8H3. The summed E-state index contributed by atoms with van der Waals surface area (Å²) in [5.74, 6) is 1.52. The van der Waals surface area contributed by atoms with Crippen LogP contribution in [0.3, 0.4) is 0 Å². The largest absolute Gasteiger partial charge is 0.306 e. The molecule has 0 aromatic carbocycles. The molecule has 4 heterocycles. The molecule has 476 valence electrons. The number of rotatable bonds is 50. The quantitative estimate of drug-likeness (QED) is 0.0414. The molecule has 0 saturated carbocycles. The average molecular weight is 1320 g/mol. The summed E-state index contributed by atoms with van der Waals surface area (Å²) < 4.78 is 6.61. The summed E-state index contributed by atoms with van der Waals surface area (Å²) in [4.78, 5) is 34.1. The number of aromatic nitrogens is 2. The van der Waals surface area contributed by atoms with Crippen LogP contribution in [0.15, 0.2) is 29.3 Å². The van der Waals surface area contributed by atoms with Crippen molar-refractivity contribution in [3.8, 4) is 20.9 Å². The van der Waals surface area contributed by atoms with Gasteiger partial charge in [-0.1, -0.05) is 338 Å². The molecule has 6 rings (SSSR count). The highest BCUT2D eigenvalue weighted by Gasteiger charge is 2.47. The molecule has 0 saturated heterocycles. The minimum absolute atomic E-state index is 0.148. The van der Waals surface area contributed by atoms with E-state index in [2.05, 4.69) is 109 Å². The van der Waals surface area contributed by atoms with Gasteiger partial charge >= 0.3 is 0 Å². The van der Waals surface area contributed by atoms with E-state index in [0.717, 1.165) is 88.1 Å². The lowest BCUT2D eigenvalue weighted by atomic mass is 9.79. The van der Waals surface area contributed by atoms with E-state index in [1.165, 1.54) is 281 Å². The molecule has 2 unspecified atom stereocenters. The van der Waals surface area contributed by atoms with Crippen LogP contribution in [0.5, 0.6) is 0 Å². The van der Waals surface area contributed by atoms with Gasteiger partial charge in [0.1, 0.15) is 0 Å². The van der Waals surface area contributed by atoms with Gasteiger partial charge in [-0.2, -0.15) is 0 Å². The zero-order valence-corrected chi connectivity index (χ0v) is 60.3. The molecule has 4 nitrogen and oxygen atoms in total. The van der Waals surface area contributed by atoms with Gasteiger partial charge in [0.25, 0.3) is 11.1 Å². The SMILES string of the molecule is CCCCCCCCCCCCC(CCCCCCCCCC)CCCCn1c(=O)c2c(c3c1c1c(c(=O)n3CCCCC(CCCCCCCCCC)CCCCCCCCCCCC)-c3sc(Br)cc3C1(C)C)C(C)(C)c1cc(Br)sc1-2. The number of halogens is 2. The Balaban J connectivity index is 1.26. The third-order valence-electron chi connectivity index (χ3n) is 20.5. The molecule has 0 aliphatic heterocycles. The Kier molecular flexibility index (Phi) is 33.2. The lowest BCUT2D eigenvalue weighted by Crippen LogP contribution is -2.34. The number of nitrogens with zero attached hydrogens (tertiary/aromatic N) is 2. The van der Waals surface area contributed by atoms with Crippen LogP contribution >= 0.6 is 54.5 Å². The highest BCUT2D eigenvalue weighted by Crippen LogP contribution is 2.58. The Morgan fingerprint density at radius 2 is 0.583 bits per heavy atom. The minimum atomic E-state index is -0.434. The summed E-state index contributed by atoms with van der Waals surface area (Å²) in [6.45, 7) is 19.9. The molecular formula is C76H124Br2N2O2S2. The van der Waals surface area contributed by atoms with Gasteiger partial charge in [0.05, 0.1) is 29.7 Å². The molecule has 84 heavy (non-hydrogen) atoms. The molecule has 2 aliphatic carbocycles. The summed E-state index contributed by atoms with van der Waals surface area (Å²) in [5, 5.41) is 0. The van der Waals surface area contributed by atoms with Crippen LogP contribution in [0.4, 0.5) is 0 Å². The van der Waals surface area contributed by atoms with Gasteiger partial charge in [0.15, 0.2) is 0 Å². The number of aryl methyl sites for hydroxylation is 2. The van der Waals surface area contributed by atoms with Crippen molar-refractivity contribution in [2.24, 2.45) is 11.8 Å². The molecule has 0 fully saturated rings. The summed E-state index contributed by atoms with van der Waals surface area (Å²) in [6.07, 6.45) is 61.9. The minimum Gasteiger partial charge on any atom is -0.306 e. The van der Waals surface area contributed by atoms with Crippen molar-refractivity contribution < 1.29 is 0 Å². The number of unbranched alkanes of at least 4 members (excludes halogenated alkanes) is 34. The Labute approximate surface area is 540 Å². The van der Waals surface area contributed by atoms with E-state index in [1.807, 2.05) is 0 Å². The van der Waals surface area contributed by atoms with E-state index < -0.39 is 10.8 Å². The zero-order valence-electron chi connectivity index (χ0n) is 55.5. The molecule has 4 aromatic heterocycles. The topological polar surface area (TPSA) is 44.0 Å². The van der Waals surface area contributed by atoms with Crippen molar-refractivity contribution in [3.05, 3.63) is 62.7 Å². The molecule has 2 atom stereocenters.